The highest BCUT2D eigenvalue weighted by molar-refractivity contribution is 6.47. The SMILES string of the molecule is CC(c1ccc(C(=O)NCCC(=O)O)cc1)N1C(=O)C(c2cccc(Cl)c2F)=NC12CCCCC2. The first-order valence-electron chi connectivity index (χ1n) is 11.7. The quantitative estimate of drug-likeness (QED) is 0.575. The number of carboxylic acid groups (broad SMARTS) is 1. The molecule has 1 aliphatic heterocycles. The Kier molecular flexibility index (Phi) is 7.21. The Hall–Kier alpha value is -3.26. The molecule has 184 valence electrons. The Bertz CT molecular complexity index is 1180. The highest BCUT2D eigenvalue weighted by atomic mass is 35.5. The lowest BCUT2D eigenvalue weighted by Crippen LogP contribution is -2.49. The molecule has 0 aromatic heterocycles. The molecular weight excluding hydrogens is 473 g/mol. The molecule has 1 heterocycles. The van der Waals surface area contributed by atoms with E-state index in [-0.39, 0.29) is 47.1 Å². The second kappa shape index (κ2) is 10.2. The molecule has 0 radical (unpaired) electrons. The normalized spacial score (nSPS) is 17.9. The molecule has 0 bridgehead atoms. The van der Waals surface area contributed by atoms with Crippen molar-refractivity contribution in [3.8, 4) is 0 Å². The molecule has 9 heteroatoms. The number of hydrogen-bond donors (Lipinski definition) is 2. The van der Waals surface area contributed by atoms with Gasteiger partial charge in [-0.3, -0.25) is 19.4 Å². The molecule has 2 aromatic carbocycles. The molecule has 7 nitrogen and oxygen atoms in total. The number of halogens is 2. The van der Waals surface area contributed by atoms with Gasteiger partial charge in [0.2, 0.25) is 0 Å². The van der Waals surface area contributed by atoms with E-state index in [1.807, 2.05) is 6.92 Å². The topological polar surface area (TPSA) is 99.1 Å². The number of nitrogens with zero attached hydrogens (tertiary/aromatic N) is 2. The van der Waals surface area contributed by atoms with Gasteiger partial charge in [-0.2, -0.15) is 0 Å². The number of hydrogen-bond acceptors (Lipinski definition) is 4. The summed E-state index contributed by atoms with van der Waals surface area (Å²) in [5.74, 6) is -2.34. The summed E-state index contributed by atoms with van der Waals surface area (Å²) in [5.41, 5.74) is 0.660. The van der Waals surface area contributed by atoms with E-state index in [0.717, 1.165) is 24.8 Å². The van der Waals surface area contributed by atoms with E-state index in [1.54, 1.807) is 35.2 Å². The third kappa shape index (κ3) is 4.93. The van der Waals surface area contributed by atoms with Crippen LogP contribution < -0.4 is 5.32 Å². The number of nitrogens with one attached hydrogen (secondary N) is 1. The molecule has 1 saturated carbocycles. The van der Waals surface area contributed by atoms with Gasteiger partial charge in [-0.25, -0.2) is 4.39 Å². The van der Waals surface area contributed by atoms with Crippen molar-refractivity contribution in [3.05, 3.63) is 70.0 Å². The monoisotopic (exact) mass is 499 g/mol. The van der Waals surface area contributed by atoms with Gasteiger partial charge in [-0.15, -0.1) is 0 Å². The fraction of sp³-hybridized carbons (Fsp3) is 0.385. The van der Waals surface area contributed by atoms with Crippen LogP contribution in [0.3, 0.4) is 0 Å². The van der Waals surface area contributed by atoms with E-state index in [4.69, 9.17) is 21.7 Å². The summed E-state index contributed by atoms with van der Waals surface area (Å²) in [7, 11) is 0. The second-order valence-electron chi connectivity index (χ2n) is 8.98. The van der Waals surface area contributed by atoms with Crippen molar-refractivity contribution in [2.45, 2.75) is 57.2 Å². The van der Waals surface area contributed by atoms with Gasteiger partial charge in [-0.05, 0) is 62.4 Å². The number of amides is 2. The Labute approximate surface area is 208 Å². The van der Waals surface area contributed by atoms with Crippen molar-refractivity contribution in [2.24, 2.45) is 4.99 Å². The van der Waals surface area contributed by atoms with Gasteiger partial charge in [0.25, 0.3) is 11.8 Å². The predicted molar refractivity (Wildman–Crippen MR) is 130 cm³/mol. The first kappa shape index (κ1) is 24.9. The van der Waals surface area contributed by atoms with Gasteiger partial charge in [0.05, 0.1) is 17.5 Å². The van der Waals surface area contributed by atoms with Gasteiger partial charge < -0.3 is 15.3 Å². The number of benzene rings is 2. The Balaban J connectivity index is 1.60. The number of carbonyl (C=O) groups excluding carboxylic acids is 2. The van der Waals surface area contributed by atoms with E-state index in [0.29, 0.717) is 18.4 Å². The smallest absolute Gasteiger partial charge is 0.305 e. The van der Waals surface area contributed by atoms with Gasteiger partial charge >= 0.3 is 5.97 Å². The summed E-state index contributed by atoms with van der Waals surface area (Å²) >= 11 is 5.98. The molecule has 35 heavy (non-hydrogen) atoms. The Morgan fingerprint density at radius 1 is 1.17 bits per heavy atom. The maximum Gasteiger partial charge on any atom is 0.305 e. The molecular formula is C26H27ClFN3O4. The zero-order valence-electron chi connectivity index (χ0n) is 19.4. The average molecular weight is 500 g/mol. The number of rotatable bonds is 7. The third-order valence-corrected chi connectivity index (χ3v) is 7.01. The van der Waals surface area contributed by atoms with Crippen molar-refractivity contribution >= 4 is 35.1 Å². The summed E-state index contributed by atoms with van der Waals surface area (Å²) in [4.78, 5) is 43.2. The standard InChI is InChI=1S/C26H27ClFN3O4/c1-16(17-8-10-18(11-9-17)24(34)29-15-12-21(32)33)31-25(35)23(19-6-5-7-20(27)22(19)28)30-26(31)13-3-2-4-14-26/h5-11,16H,2-4,12-15H2,1H3,(H,29,34)(H,32,33). The number of carbonyl (C=O) groups is 3. The first-order chi connectivity index (χ1) is 16.7. The van der Waals surface area contributed by atoms with Crippen molar-refractivity contribution in [2.75, 3.05) is 6.54 Å². The lowest BCUT2D eigenvalue weighted by molar-refractivity contribution is -0.137. The van der Waals surface area contributed by atoms with Crippen LogP contribution in [0.1, 0.15) is 73.0 Å². The lowest BCUT2D eigenvalue weighted by Gasteiger charge is -2.42. The number of aliphatic carboxylic acids is 1. The molecule has 1 fully saturated rings. The summed E-state index contributed by atoms with van der Waals surface area (Å²) in [6.07, 6.45) is 4.12. The van der Waals surface area contributed by atoms with E-state index >= 15 is 0 Å². The minimum absolute atomic E-state index is 0.0390. The van der Waals surface area contributed by atoms with Gasteiger partial charge in [0.15, 0.2) is 5.82 Å². The largest absolute Gasteiger partial charge is 0.481 e. The molecule has 2 aromatic rings. The highest BCUT2D eigenvalue weighted by Crippen LogP contribution is 2.44. The van der Waals surface area contributed by atoms with Gasteiger partial charge in [-0.1, -0.05) is 36.2 Å². The van der Waals surface area contributed by atoms with Crippen molar-refractivity contribution < 1.29 is 23.9 Å². The van der Waals surface area contributed by atoms with Gasteiger partial charge in [0.1, 0.15) is 11.4 Å². The third-order valence-electron chi connectivity index (χ3n) is 6.72. The number of carboxylic acids is 1. The lowest BCUT2D eigenvalue weighted by atomic mass is 9.87. The summed E-state index contributed by atoms with van der Waals surface area (Å²) in [6.45, 7) is 1.94. The summed E-state index contributed by atoms with van der Waals surface area (Å²) < 4.78 is 14.8. The van der Waals surface area contributed by atoms with E-state index < -0.39 is 17.4 Å². The molecule has 1 unspecified atom stereocenters. The van der Waals surface area contributed by atoms with Crippen LogP contribution in [-0.2, 0) is 9.59 Å². The van der Waals surface area contributed by atoms with Crippen molar-refractivity contribution in [3.63, 3.8) is 0 Å². The van der Waals surface area contributed by atoms with Crippen LogP contribution in [0.15, 0.2) is 47.5 Å². The van der Waals surface area contributed by atoms with E-state index in [9.17, 15) is 18.8 Å². The molecule has 0 saturated heterocycles. The zero-order valence-corrected chi connectivity index (χ0v) is 20.1. The molecule has 4 rings (SSSR count). The fourth-order valence-electron chi connectivity index (χ4n) is 4.93. The van der Waals surface area contributed by atoms with Crippen LogP contribution in [0.4, 0.5) is 4.39 Å². The maximum absolute atomic E-state index is 14.8. The van der Waals surface area contributed by atoms with Crippen LogP contribution >= 0.6 is 11.6 Å². The van der Waals surface area contributed by atoms with Crippen LogP contribution in [0, 0.1) is 5.82 Å². The van der Waals surface area contributed by atoms with E-state index in [2.05, 4.69) is 5.32 Å². The molecule has 2 amide bonds. The predicted octanol–water partition coefficient (Wildman–Crippen LogP) is 4.74. The molecule has 2 N–H and O–H groups in total. The highest BCUT2D eigenvalue weighted by Gasteiger charge is 2.50. The minimum atomic E-state index is -0.986. The molecule has 1 aliphatic carbocycles. The fourth-order valence-corrected chi connectivity index (χ4v) is 5.10. The van der Waals surface area contributed by atoms with Crippen LogP contribution in [-0.4, -0.2) is 45.7 Å². The molecule has 2 aliphatic rings. The van der Waals surface area contributed by atoms with Crippen molar-refractivity contribution in [1.29, 1.82) is 0 Å². The van der Waals surface area contributed by atoms with Crippen molar-refractivity contribution in [1.82, 2.24) is 10.2 Å². The summed E-state index contributed by atoms with van der Waals surface area (Å²) in [5, 5.41) is 11.2. The van der Waals surface area contributed by atoms with Crippen LogP contribution in [0.2, 0.25) is 5.02 Å². The average Bonchev–Trinajstić information content (AvgIpc) is 3.11. The van der Waals surface area contributed by atoms with E-state index in [1.165, 1.54) is 12.1 Å². The van der Waals surface area contributed by atoms with Crippen LogP contribution in [0.5, 0.6) is 0 Å². The maximum atomic E-state index is 14.8. The summed E-state index contributed by atoms with van der Waals surface area (Å²) in [6, 6.07) is 11.1. The van der Waals surface area contributed by atoms with Gasteiger partial charge in [0, 0.05) is 17.7 Å². The molecule has 1 atom stereocenters. The minimum Gasteiger partial charge on any atom is -0.481 e. The Morgan fingerprint density at radius 3 is 2.51 bits per heavy atom. The first-order valence-corrected chi connectivity index (χ1v) is 12.1. The zero-order chi connectivity index (χ0) is 25.2. The number of aliphatic imine (C=N–C) groups is 1. The Morgan fingerprint density at radius 2 is 1.86 bits per heavy atom. The second-order valence-corrected chi connectivity index (χ2v) is 9.38. The molecule has 1 spiro atoms. The van der Waals surface area contributed by atoms with Crippen LogP contribution in [0.25, 0.3) is 0 Å².